The molecule has 0 radical (unpaired) electrons. The molecule has 4 aromatic carbocycles. The van der Waals surface area contributed by atoms with Gasteiger partial charge in [0.2, 0.25) is 34.8 Å². The number of rotatable bonds is 4. The van der Waals surface area contributed by atoms with Crippen molar-refractivity contribution in [1.82, 2.24) is 0 Å². The third kappa shape index (κ3) is 4.31. The Labute approximate surface area is 232 Å². The molecule has 41 heavy (non-hydrogen) atoms. The van der Waals surface area contributed by atoms with Crippen molar-refractivity contribution in [2.75, 3.05) is 12.4 Å². The third-order valence-electron chi connectivity index (χ3n) is 7.64. The Bertz CT molecular complexity index is 1770. The average Bonchev–Trinajstić information content (AvgIpc) is 2.95. The van der Waals surface area contributed by atoms with Gasteiger partial charge in [0.1, 0.15) is 0 Å². The standard InChI is InChI=1S/C32H24F5NO3/c1-32(2)13-18-23-17-7-5-4-6-15(17)8-10-19(23)38-30(24(18)20(39)14-32)16-9-11-21(22(12-16)40-3)41-31-28(36)26(34)25(33)27(35)29(31)37/h4-12,30,38H,13-14H2,1-3H3/t30-/m0/s1. The van der Waals surface area contributed by atoms with Crippen LogP contribution in [0.1, 0.15) is 43.9 Å². The summed E-state index contributed by atoms with van der Waals surface area (Å²) in [4.78, 5) is 13.7. The molecule has 0 saturated heterocycles. The van der Waals surface area contributed by atoms with Crippen molar-refractivity contribution in [3.05, 3.63) is 100 Å². The number of carbonyl (C=O) groups excluding carboxylic acids is 1. The molecule has 9 heteroatoms. The molecule has 1 aliphatic heterocycles. The number of fused-ring (bicyclic) bond motifs is 4. The Kier molecular flexibility index (Phi) is 6.28. The number of benzene rings is 4. The number of ether oxygens (including phenoxy) is 2. The fraction of sp³-hybridized carbons (Fsp3) is 0.219. The van der Waals surface area contributed by atoms with Crippen LogP contribution in [0, 0.1) is 34.5 Å². The van der Waals surface area contributed by atoms with Gasteiger partial charge in [0, 0.05) is 23.2 Å². The van der Waals surface area contributed by atoms with Gasteiger partial charge >= 0.3 is 0 Å². The normalized spacial score (nSPS) is 17.7. The van der Waals surface area contributed by atoms with Crippen LogP contribution >= 0.6 is 0 Å². The number of ketones is 1. The molecule has 4 aromatic rings. The van der Waals surface area contributed by atoms with Crippen LogP contribution in [-0.2, 0) is 4.79 Å². The van der Waals surface area contributed by atoms with Crippen molar-refractivity contribution < 1.29 is 36.2 Å². The van der Waals surface area contributed by atoms with E-state index in [2.05, 4.69) is 19.2 Å². The van der Waals surface area contributed by atoms with Gasteiger partial charge in [0.25, 0.3) is 0 Å². The molecule has 0 bridgehead atoms. The van der Waals surface area contributed by atoms with Crippen molar-refractivity contribution in [3.8, 4) is 17.2 Å². The minimum atomic E-state index is -2.28. The van der Waals surface area contributed by atoms with Crippen LogP contribution in [-0.4, -0.2) is 12.9 Å². The summed E-state index contributed by atoms with van der Waals surface area (Å²) in [5.41, 5.74) is 3.72. The first-order valence-corrected chi connectivity index (χ1v) is 12.9. The topological polar surface area (TPSA) is 47.6 Å². The van der Waals surface area contributed by atoms with E-state index in [0.717, 1.165) is 27.6 Å². The highest BCUT2D eigenvalue weighted by Gasteiger charge is 2.41. The molecule has 4 nitrogen and oxygen atoms in total. The van der Waals surface area contributed by atoms with E-state index in [0.29, 0.717) is 24.0 Å². The van der Waals surface area contributed by atoms with Crippen molar-refractivity contribution in [3.63, 3.8) is 0 Å². The molecule has 6 rings (SSSR count). The summed E-state index contributed by atoms with van der Waals surface area (Å²) in [7, 11) is 1.28. The molecular formula is C32H24F5NO3. The number of halogens is 5. The molecule has 0 amide bonds. The van der Waals surface area contributed by atoms with Gasteiger partial charge in [0.15, 0.2) is 17.3 Å². The fourth-order valence-electron chi connectivity index (χ4n) is 5.82. The van der Waals surface area contributed by atoms with Crippen LogP contribution in [0.5, 0.6) is 17.2 Å². The van der Waals surface area contributed by atoms with Gasteiger partial charge in [0.05, 0.1) is 13.2 Å². The second-order valence-corrected chi connectivity index (χ2v) is 11.0. The fourth-order valence-corrected chi connectivity index (χ4v) is 5.82. The van der Waals surface area contributed by atoms with E-state index >= 15 is 0 Å². The van der Waals surface area contributed by atoms with Gasteiger partial charge < -0.3 is 14.8 Å². The SMILES string of the molecule is COc1cc([C@@H]2Nc3ccc4ccccc4c3C3=C2C(=O)CC(C)(C)C3)ccc1Oc1c(F)c(F)c(F)c(F)c1F. The summed E-state index contributed by atoms with van der Waals surface area (Å²) < 4.78 is 80.1. The highest BCUT2D eigenvalue weighted by molar-refractivity contribution is 6.12. The molecular weight excluding hydrogens is 541 g/mol. The van der Waals surface area contributed by atoms with Gasteiger partial charge in [-0.15, -0.1) is 0 Å². The zero-order valence-corrected chi connectivity index (χ0v) is 22.3. The number of carbonyl (C=O) groups is 1. The first-order valence-electron chi connectivity index (χ1n) is 12.9. The molecule has 1 aliphatic carbocycles. The summed E-state index contributed by atoms with van der Waals surface area (Å²) in [6, 6.07) is 15.7. The van der Waals surface area contributed by atoms with Crippen LogP contribution in [0.3, 0.4) is 0 Å². The maximum absolute atomic E-state index is 14.3. The van der Waals surface area contributed by atoms with Gasteiger partial charge in [-0.2, -0.15) is 8.78 Å². The molecule has 0 saturated carbocycles. The van der Waals surface area contributed by atoms with Crippen LogP contribution in [0.2, 0.25) is 0 Å². The Morgan fingerprint density at radius 2 is 1.51 bits per heavy atom. The van der Waals surface area contributed by atoms with Crippen molar-refractivity contribution in [2.24, 2.45) is 5.41 Å². The maximum atomic E-state index is 14.3. The van der Waals surface area contributed by atoms with Gasteiger partial charge in [-0.25, -0.2) is 13.2 Å². The predicted octanol–water partition coefficient (Wildman–Crippen LogP) is 8.65. The summed E-state index contributed by atoms with van der Waals surface area (Å²) in [5.74, 6) is -12.5. The lowest BCUT2D eigenvalue weighted by Crippen LogP contribution is -2.33. The summed E-state index contributed by atoms with van der Waals surface area (Å²) in [6.45, 7) is 4.12. The van der Waals surface area contributed by atoms with Crippen LogP contribution in [0.25, 0.3) is 16.3 Å². The molecule has 1 atom stereocenters. The zero-order valence-electron chi connectivity index (χ0n) is 22.3. The molecule has 0 aromatic heterocycles. The molecule has 0 fully saturated rings. The molecule has 210 valence electrons. The summed E-state index contributed by atoms with van der Waals surface area (Å²) >= 11 is 0. The highest BCUT2D eigenvalue weighted by Crippen LogP contribution is 2.52. The number of anilines is 1. The van der Waals surface area contributed by atoms with E-state index in [-0.39, 0.29) is 22.7 Å². The zero-order chi connectivity index (χ0) is 29.2. The second-order valence-electron chi connectivity index (χ2n) is 11.0. The smallest absolute Gasteiger partial charge is 0.207 e. The van der Waals surface area contributed by atoms with Crippen molar-refractivity contribution in [1.29, 1.82) is 0 Å². The Morgan fingerprint density at radius 3 is 2.22 bits per heavy atom. The largest absolute Gasteiger partial charge is 0.493 e. The van der Waals surface area contributed by atoms with Crippen LogP contribution < -0.4 is 14.8 Å². The Hall–Kier alpha value is -4.40. The number of hydrogen-bond donors (Lipinski definition) is 1. The first-order chi connectivity index (χ1) is 19.5. The molecule has 0 unspecified atom stereocenters. The Morgan fingerprint density at radius 1 is 0.829 bits per heavy atom. The lowest BCUT2D eigenvalue weighted by Gasteiger charge is -2.40. The quantitative estimate of drug-likeness (QED) is 0.153. The lowest BCUT2D eigenvalue weighted by molar-refractivity contribution is -0.118. The lowest BCUT2D eigenvalue weighted by atomic mass is 9.68. The number of methoxy groups -OCH3 is 1. The minimum Gasteiger partial charge on any atom is -0.493 e. The monoisotopic (exact) mass is 565 g/mol. The van der Waals surface area contributed by atoms with Gasteiger partial charge in [-0.3, -0.25) is 4.79 Å². The number of nitrogens with one attached hydrogen (secondary N) is 1. The second kappa shape index (κ2) is 9.61. The van der Waals surface area contributed by atoms with Crippen molar-refractivity contribution in [2.45, 2.75) is 32.7 Å². The van der Waals surface area contributed by atoms with Gasteiger partial charge in [-0.05, 0) is 51.9 Å². The molecule has 1 heterocycles. The van der Waals surface area contributed by atoms with E-state index in [1.807, 2.05) is 36.4 Å². The van der Waals surface area contributed by atoms with Crippen molar-refractivity contribution >= 4 is 27.8 Å². The summed E-state index contributed by atoms with van der Waals surface area (Å²) in [5, 5.41) is 5.56. The molecule has 0 spiro atoms. The third-order valence-corrected chi connectivity index (χ3v) is 7.64. The number of Topliss-reactive ketones (excluding diaryl/α,β-unsaturated/α-hetero) is 1. The minimum absolute atomic E-state index is 0.00645. The van der Waals surface area contributed by atoms with Crippen LogP contribution in [0.4, 0.5) is 27.6 Å². The Balaban J connectivity index is 1.47. The van der Waals surface area contributed by atoms with E-state index in [9.17, 15) is 26.7 Å². The number of hydrogen-bond acceptors (Lipinski definition) is 4. The first kappa shape index (κ1) is 26.8. The van der Waals surface area contributed by atoms with E-state index in [4.69, 9.17) is 9.47 Å². The van der Waals surface area contributed by atoms with Crippen LogP contribution in [0.15, 0.2) is 60.2 Å². The summed E-state index contributed by atoms with van der Waals surface area (Å²) in [6.07, 6.45) is 1.02. The predicted molar refractivity (Wildman–Crippen MR) is 145 cm³/mol. The maximum Gasteiger partial charge on any atom is 0.207 e. The van der Waals surface area contributed by atoms with Gasteiger partial charge in [-0.1, -0.05) is 50.2 Å². The van der Waals surface area contributed by atoms with E-state index in [1.54, 1.807) is 6.07 Å². The molecule has 2 aliphatic rings. The highest BCUT2D eigenvalue weighted by atomic mass is 19.2. The average molecular weight is 566 g/mol. The number of allylic oxidation sites excluding steroid dienone is 1. The molecule has 1 N–H and O–H groups in total. The van der Waals surface area contributed by atoms with E-state index < -0.39 is 40.9 Å². The van der Waals surface area contributed by atoms with E-state index in [1.165, 1.54) is 19.2 Å².